The van der Waals surface area contributed by atoms with Crippen LogP contribution in [0, 0.1) is 0 Å². The van der Waals surface area contributed by atoms with Crippen LogP contribution in [0.2, 0.25) is 0 Å². The minimum absolute atomic E-state index is 0.398. The van der Waals surface area contributed by atoms with E-state index >= 15 is 0 Å². The zero-order valence-corrected chi connectivity index (χ0v) is 11.2. The fourth-order valence-corrected chi connectivity index (χ4v) is 2.23. The molecule has 6 heteroatoms. The third-order valence-electron chi connectivity index (χ3n) is 3.10. The topological polar surface area (TPSA) is 93.6 Å². The van der Waals surface area contributed by atoms with E-state index in [1.165, 1.54) is 6.21 Å². The molecule has 0 atom stereocenters. The summed E-state index contributed by atoms with van der Waals surface area (Å²) in [6.45, 7) is 0.814. The maximum absolute atomic E-state index is 8.73. The van der Waals surface area contributed by atoms with E-state index in [-0.39, 0.29) is 0 Å². The SMILES string of the molecule is NCCOc1cc(/C=N/O)nc2c1ccc1cccnc12. The highest BCUT2D eigenvalue weighted by Gasteiger charge is 2.10. The third-order valence-corrected chi connectivity index (χ3v) is 3.10. The van der Waals surface area contributed by atoms with Crippen LogP contribution in [0.4, 0.5) is 0 Å². The van der Waals surface area contributed by atoms with Gasteiger partial charge in [0.15, 0.2) is 0 Å². The quantitative estimate of drug-likeness (QED) is 0.330. The van der Waals surface area contributed by atoms with Gasteiger partial charge in [-0.15, -0.1) is 0 Å². The number of oxime groups is 1. The number of aromatic nitrogens is 2. The first-order valence-corrected chi connectivity index (χ1v) is 6.52. The Hall–Kier alpha value is -2.73. The van der Waals surface area contributed by atoms with Crippen LogP contribution in [0.3, 0.4) is 0 Å². The summed E-state index contributed by atoms with van der Waals surface area (Å²) in [5.41, 5.74) is 7.47. The summed E-state index contributed by atoms with van der Waals surface area (Å²) >= 11 is 0. The van der Waals surface area contributed by atoms with E-state index in [0.29, 0.717) is 30.1 Å². The molecule has 21 heavy (non-hydrogen) atoms. The Morgan fingerprint density at radius 3 is 3.00 bits per heavy atom. The third kappa shape index (κ3) is 2.48. The number of pyridine rings is 2. The number of nitrogens with two attached hydrogens (primary N) is 1. The van der Waals surface area contributed by atoms with Crippen LogP contribution in [-0.4, -0.2) is 34.5 Å². The van der Waals surface area contributed by atoms with E-state index in [9.17, 15) is 0 Å². The van der Waals surface area contributed by atoms with Crippen molar-refractivity contribution in [1.29, 1.82) is 0 Å². The van der Waals surface area contributed by atoms with Crippen LogP contribution in [0.15, 0.2) is 41.7 Å². The Balaban J connectivity index is 2.31. The van der Waals surface area contributed by atoms with E-state index in [1.54, 1.807) is 12.3 Å². The number of hydrogen-bond acceptors (Lipinski definition) is 6. The second kappa shape index (κ2) is 5.72. The van der Waals surface area contributed by atoms with E-state index in [0.717, 1.165) is 16.3 Å². The van der Waals surface area contributed by atoms with Crippen LogP contribution >= 0.6 is 0 Å². The molecule has 0 saturated heterocycles. The van der Waals surface area contributed by atoms with Gasteiger partial charge in [0.25, 0.3) is 0 Å². The fourth-order valence-electron chi connectivity index (χ4n) is 2.23. The monoisotopic (exact) mass is 282 g/mol. The predicted molar refractivity (Wildman–Crippen MR) is 81.0 cm³/mol. The van der Waals surface area contributed by atoms with Crippen LogP contribution in [0.5, 0.6) is 5.75 Å². The van der Waals surface area contributed by atoms with Crippen molar-refractivity contribution in [3.63, 3.8) is 0 Å². The molecule has 2 heterocycles. The molecule has 0 saturated carbocycles. The zero-order chi connectivity index (χ0) is 14.7. The summed E-state index contributed by atoms with van der Waals surface area (Å²) in [6, 6.07) is 9.47. The van der Waals surface area contributed by atoms with E-state index < -0.39 is 0 Å². The summed E-state index contributed by atoms with van der Waals surface area (Å²) in [5, 5.41) is 13.6. The summed E-state index contributed by atoms with van der Waals surface area (Å²) in [4.78, 5) is 8.86. The lowest BCUT2D eigenvalue weighted by Gasteiger charge is -2.10. The average molecular weight is 282 g/mol. The summed E-state index contributed by atoms with van der Waals surface area (Å²) in [7, 11) is 0. The Morgan fingerprint density at radius 1 is 1.29 bits per heavy atom. The highest BCUT2D eigenvalue weighted by Crippen LogP contribution is 2.29. The predicted octanol–water partition coefficient (Wildman–Crippen LogP) is 1.93. The summed E-state index contributed by atoms with van der Waals surface area (Å²) < 4.78 is 5.67. The number of benzene rings is 1. The van der Waals surface area contributed by atoms with E-state index in [2.05, 4.69) is 15.1 Å². The van der Waals surface area contributed by atoms with Gasteiger partial charge in [-0.3, -0.25) is 4.98 Å². The molecule has 0 aliphatic heterocycles. The smallest absolute Gasteiger partial charge is 0.131 e. The fraction of sp³-hybridized carbons (Fsp3) is 0.133. The first-order chi connectivity index (χ1) is 10.3. The maximum atomic E-state index is 8.73. The van der Waals surface area contributed by atoms with Crippen molar-refractivity contribution in [1.82, 2.24) is 9.97 Å². The number of rotatable bonds is 4. The lowest BCUT2D eigenvalue weighted by Crippen LogP contribution is -2.11. The number of hydrogen-bond donors (Lipinski definition) is 2. The Bertz CT molecular complexity index is 817. The highest BCUT2D eigenvalue weighted by molar-refractivity contribution is 6.05. The first kappa shape index (κ1) is 13.3. The van der Waals surface area contributed by atoms with Crippen molar-refractivity contribution in [3.8, 4) is 5.75 Å². The van der Waals surface area contributed by atoms with Crippen LogP contribution < -0.4 is 10.5 Å². The lowest BCUT2D eigenvalue weighted by atomic mass is 10.1. The van der Waals surface area contributed by atoms with Crippen LogP contribution in [0.25, 0.3) is 21.8 Å². The summed E-state index contributed by atoms with van der Waals surface area (Å²) in [6.07, 6.45) is 2.98. The molecule has 0 amide bonds. The lowest BCUT2D eigenvalue weighted by molar-refractivity contribution is 0.321. The van der Waals surface area contributed by atoms with Gasteiger partial charge < -0.3 is 15.7 Å². The largest absolute Gasteiger partial charge is 0.491 e. The standard InChI is InChI=1S/C15H14N4O2/c16-5-7-21-13-8-11(9-18-20)19-15-12(13)4-3-10-2-1-6-17-14(10)15/h1-4,6,8-9,20H,5,7,16H2/b18-9+. The molecule has 0 aliphatic rings. The van der Waals surface area contributed by atoms with Crippen molar-refractivity contribution in [2.75, 3.05) is 13.2 Å². The Kier molecular flexibility index (Phi) is 3.61. The maximum Gasteiger partial charge on any atom is 0.131 e. The van der Waals surface area contributed by atoms with Gasteiger partial charge in [-0.1, -0.05) is 17.3 Å². The summed E-state index contributed by atoms with van der Waals surface area (Å²) in [5.74, 6) is 0.646. The van der Waals surface area contributed by atoms with Gasteiger partial charge in [-0.25, -0.2) is 4.98 Å². The minimum Gasteiger partial charge on any atom is -0.491 e. The van der Waals surface area contributed by atoms with Crippen molar-refractivity contribution >= 4 is 28.0 Å². The van der Waals surface area contributed by atoms with Gasteiger partial charge in [-0.05, 0) is 12.1 Å². The minimum atomic E-state index is 0.398. The molecule has 0 aliphatic carbocycles. The zero-order valence-electron chi connectivity index (χ0n) is 11.2. The Morgan fingerprint density at radius 2 is 2.19 bits per heavy atom. The Labute approximate surface area is 120 Å². The molecule has 0 unspecified atom stereocenters. The van der Waals surface area contributed by atoms with Gasteiger partial charge in [0.2, 0.25) is 0 Å². The van der Waals surface area contributed by atoms with Crippen LogP contribution in [-0.2, 0) is 0 Å². The molecule has 6 nitrogen and oxygen atoms in total. The van der Waals surface area contributed by atoms with E-state index in [1.807, 2.05) is 24.3 Å². The normalized spacial score (nSPS) is 11.5. The second-order valence-corrected chi connectivity index (χ2v) is 4.46. The van der Waals surface area contributed by atoms with E-state index in [4.69, 9.17) is 15.7 Å². The number of nitrogens with zero attached hydrogens (tertiary/aromatic N) is 3. The molecular formula is C15H14N4O2. The van der Waals surface area contributed by atoms with Crippen molar-refractivity contribution in [2.24, 2.45) is 10.9 Å². The second-order valence-electron chi connectivity index (χ2n) is 4.46. The highest BCUT2D eigenvalue weighted by atomic mass is 16.5. The first-order valence-electron chi connectivity index (χ1n) is 6.52. The van der Waals surface area contributed by atoms with Gasteiger partial charge in [-0.2, -0.15) is 0 Å². The van der Waals surface area contributed by atoms with Gasteiger partial charge in [0, 0.05) is 29.6 Å². The molecule has 1 aromatic carbocycles. The van der Waals surface area contributed by atoms with Crippen molar-refractivity contribution < 1.29 is 9.94 Å². The molecule has 3 rings (SSSR count). The van der Waals surface area contributed by atoms with Gasteiger partial charge >= 0.3 is 0 Å². The number of ether oxygens (including phenoxy) is 1. The molecule has 0 spiro atoms. The molecule has 0 bridgehead atoms. The molecule has 0 fully saturated rings. The van der Waals surface area contributed by atoms with Crippen molar-refractivity contribution in [2.45, 2.75) is 0 Å². The van der Waals surface area contributed by atoms with Gasteiger partial charge in [0.1, 0.15) is 17.9 Å². The van der Waals surface area contributed by atoms with Gasteiger partial charge in [0.05, 0.1) is 17.4 Å². The molecule has 2 aromatic heterocycles. The number of fused-ring (bicyclic) bond motifs is 3. The molecule has 106 valence electrons. The molecule has 3 N–H and O–H groups in total. The molecule has 3 aromatic rings. The van der Waals surface area contributed by atoms with Crippen molar-refractivity contribution in [3.05, 3.63) is 42.2 Å². The molecule has 0 radical (unpaired) electrons. The molecular weight excluding hydrogens is 268 g/mol. The van der Waals surface area contributed by atoms with Crippen LogP contribution in [0.1, 0.15) is 5.69 Å². The average Bonchev–Trinajstić information content (AvgIpc) is 2.52.